The van der Waals surface area contributed by atoms with Crippen molar-refractivity contribution in [3.63, 3.8) is 0 Å². The van der Waals surface area contributed by atoms with Gasteiger partial charge in [0.15, 0.2) is 0 Å². The highest BCUT2D eigenvalue weighted by molar-refractivity contribution is 9.10. The maximum absolute atomic E-state index is 13.0. The van der Waals surface area contributed by atoms with Crippen molar-refractivity contribution in [1.29, 1.82) is 0 Å². The summed E-state index contributed by atoms with van der Waals surface area (Å²) in [6.45, 7) is 0. The van der Waals surface area contributed by atoms with Crippen molar-refractivity contribution in [2.75, 3.05) is 5.32 Å². The number of carbonyl (C=O) groups excluding carboxylic acids is 1. The van der Waals surface area contributed by atoms with Crippen LogP contribution in [0.2, 0.25) is 5.02 Å². The number of amides is 1. The molecule has 6 heteroatoms. The van der Waals surface area contributed by atoms with Crippen LogP contribution in [0.4, 0.5) is 10.1 Å². The summed E-state index contributed by atoms with van der Waals surface area (Å²) in [4.78, 5) is 12.3. The van der Waals surface area contributed by atoms with Gasteiger partial charge in [0, 0.05) is 16.7 Å². The lowest BCUT2D eigenvalue weighted by Crippen LogP contribution is -2.16. The van der Waals surface area contributed by atoms with Crippen molar-refractivity contribution < 1.29 is 9.18 Å². The molecule has 0 bridgehead atoms. The average Bonchev–Trinajstić information content (AvgIpc) is 3.16. The lowest BCUT2D eigenvalue weighted by molar-refractivity contribution is 0.101. The zero-order valence-corrected chi connectivity index (χ0v) is 12.7. The minimum Gasteiger partial charge on any atom is -0.339 e. The molecule has 0 saturated heterocycles. The standard InChI is InChI=1S/C14H11BrClFN2O/c15-11-6-9(17)1-4-12(11)18-14(20)13-5-8(16)7-19(13)10-2-3-10/h1,4-7,10H,2-3H2,(H,18,20). The van der Waals surface area contributed by atoms with Gasteiger partial charge in [-0.15, -0.1) is 0 Å². The first-order valence-electron chi connectivity index (χ1n) is 6.18. The first-order chi connectivity index (χ1) is 9.54. The molecule has 1 aromatic carbocycles. The Bertz CT molecular complexity index is 682. The van der Waals surface area contributed by atoms with Gasteiger partial charge in [0.25, 0.3) is 5.91 Å². The van der Waals surface area contributed by atoms with Crippen molar-refractivity contribution in [2.45, 2.75) is 18.9 Å². The fourth-order valence-corrected chi connectivity index (χ4v) is 2.72. The van der Waals surface area contributed by atoms with Gasteiger partial charge in [0.05, 0.1) is 10.7 Å². The molecule has 0 unspecified atom stereocenters. The van der Waals surface area contributed by atoms with E-state index in [4.69, 9.17) is 11.6 Å². The molecular formula is C14H11BrClFN2O. The summed E-state index contributed by atoms with van der Waals surface area (Å²) in [5.74, 6) is -0.615. The monoisotopic (exact) mass is 356 g/mol. The van der Waals surface area contributed by atoms with Crippen molar-refractivity contribution in [3.8, 4) is 0 Å². The van der Waals surface area contributed by atoms with E-state index in [9.17, 15) is 9.18 Å². The summed E-state index contributed by atoms with van der Waals surface area (Å²) in [5.41, 5.74) is 1.05. The number of anilines is 1. The Balaban J connectivity index is 1.86. The Morgan fingerprint density at radius 1 is 1.40 bits per heavy atom. The number of hydrogen-bond acceptors (Lipinski definition) is 1. The van der Waals surface area contributed by atoms with Crippen LogP contribution in [-0.4, -0.2) is 10.5 Å². The maximum atomic E-state index is 13.0. The van der Waals surface area contributed by atoms with Crippen LogP contribution < -0.4 is 5.32 Å². The number of carbonyl (C=O) groups is 1. The Morgan fingerprint density at radius 2 is 2.15 bits per heavy atom. The number of nitrogens with zero attached hydrogens (tertiary/aromatic N) is 1. The molecule has 1 heterocycles. The second-order valence-electron chi connectivity index (χ2n) is 4.76. The number of hydrogen-bond donors (Lipinski definition) is 1. The van der Waals surface area contributed by atoms with Gasteiger partial charge in [0.2, 0.25) is 0 Å². The van der Waals surface area contributed by atoms with Gasteiger partial charge in [-0.05, 0) is 53.0 Å². The number of nitrogens with one attached hydrogen (secondary N) is 1. The molecule has 20 heavy (non-hydrogen) atoms. The van der Waals surface area contributed by atoms with Gasteiger partial charge in [-0.1, -0.05) is 11.6 Å². The van der Waals surface area contributed by atoms with E-state index < -0.39 is 0 Å². The topological polar surface area (TPSA) is 34.0 Å². The Kier molecular flexibility index (Phi) is 3.56. The summed E-state index contributed by atoms with van der Waals surface area (Å²) in [6, 6.07) is 6.13. The number of benzene rings is 1. The molecule has 0 atom stereocenters. The first-order valence-corrected chi connectivity index (χ1v) is 7.35. The zero-order valence-electron chi connectivity index (χ0n) is 10.4. The molecule has 1 aliphatic rings. The molecule has 104 valence electrons. The van der Waals surface area contributed by atoms with Crippen LogP contribution in [0.25, 0.3) is 0 Å². The molecule has 2 aromatic rings. The fraction of sp³-hybridized carbons (Fsp3) is 0.214. The van der Waals surface area contributed by atoms with Gasteiger partial charge in [0.1, 0.15) is 11.5 Å². The van der Waals surface area contributed by atoms with Crippen LogP contribution in [0.1, 0.15) is 29.4 Å². The van der Waals surface area contributed by atoms with E-state index in [1.807, 2.05) is 4.57 Å². The second-order valence-corrected chi connectivity index (χ2v) is 6.05. The highest BCUT2D eigenvalue weighted by Gasteiger charge is 2.28. The molecule has 1 fully saturated rings. The Morgan fingerprint density at radius 3 is 2.80 bits per heavy atom. The minimum atomic E-state index is -0.362. The molecule has 1 N–H and O–H groups in total. The summed E-state index contributed by atoms with van der Waals surface area (Å²) >= 11 is 9.20. The van der Waals surface area contributed by atoms with Crippen LogP contribution in [0, 0.1) is 5.82 Å². The van der Waals surface area contributed by atoms with Crippen molar-refractivity contribution >= 4 is 39.1 Å². The molecule has 3 nitrogen and oxygen atoms in total. The molecule has 0 radical (unpaired) electrons. The number of halogens is 3. The Hall–Kier alpha value is -1.33. The largest absolute Gasteiger partial charge is 0.339 e. The van der Waals surface area contributed by atoms with Crippen LogP contribution in [-0.2, 0) is 0 Å². The zero-order chi connectivity index (χ0) is 14.3. The molecule has 0 aliphatic heterocycles. The molecule has 1 amide bonds. The predicted molar refractivity (Wildman–Crippen MR) is 79.8 cm³/mol. The van der Waals surface area contributed by atoms with E-state index in [-0.39, 0.29) is 11.7 Å². The quantitative estimate of drug-likeness (QED) is 0.854. The highest BCUT2D eigenvalue weighted by Crippen LogP contribution is 2.37. The molecule has 1 aromatic heterocycles. The van der Waals surface area contributed by atoms with E-state index in [1.54, 1.807) is 12.3 Å². The van der Waals surface area contributed by atoms with Gasteiger partial charge < -0.3 is 9.88 Å². The maximum Gasteiger partial charge on any atom is 0.272 e. The van der Waals surface area contributed by atoms with E-state index in [1.165, 1.54) is 18.2 Å². The summed E-state index contributed by atoms with van der Waals surface area (Å²) < 4.78 is 15.4. The van der Waals surface area contributed by atoms with Crippen molar-refractivity contribution in [2.24, 2.45) is 0 Å². The van der Waals surface area contributed by atoms with Gasteiger partial charge in [-0.3, -0.25) is 4.79 Å². The SMILES string of the molecule is O=C(Nc1ccc(F)cc1Br)c1cc(Cl)cn1C1CC1. The van der Waals surface area contributed by atoms with E-state index in [2.05, 4.69) is 21.2 Å². The number of aromatic nitrogens is 1. The van der Waals surface area contributed by atoms with Crippen molar-refractivity contribution in [1.82, 2.24) is 4.57 Å². The van der Waals surface area contributed by atoms with Crippen molar-refractivity contribution in [3.05, 3.63) is 51.5 Å². The third kappa shape index (κ3) is 2.74. The first kappa shape index (κ1) is 13.6. The third-order valence-corrected chi connectivity index (χ3v) is 4.03. The third-order valence-electron chi connectivity index (χ3n) is 3.17. The van der Waals surface area contributed by atoms with Gasteiger partial charge >= 0.3 is 0 Å². The fourth-order valence-electron chi connectivity index (χ4n) is 2.06. The van der Waals surface area contributed by atoms with Crippen LogP contribution >= 0.6 is 27.5 Å². The summed E-state index contributed by atoms with van der Waals surface area (Å²) in [5, 5.41) is 3.30. The van der Waals surface area contributed by atoms with Crippen LogP contribution in [0.15, 0.2) is 34.9 Å². The van der Waals surface area contributed by atoms with Crippen LogP contribution in [0.3, 0.4) is 0 Å². The molecule has 1 saturated carbocycles. The van der Waals surface area contributed by atoms with Gasteiger partial charge in [-0.2, -0.15) is 0 Å². The van der Waals surface area contributed by atoms with E-state index in [0.717, 1.165) is 12.8 Å². The van der Waals surface area contributed by atoms with Crippen LogP contribution in [0.5, 0.6) is 0 Å². The minimum absolute atomic E-state index is 0.254. The summed E-state index contributed by atoms with van der Waals surface area (Å²) in [6.07, 6.45) is 3.89. The normalized spacial score (nSPS) is 14.3. The smallest absolute Gasteiger partial charge is 0.272 e. The molecule has 1 aliphatic carbocycles. The predicted octanol–water partition coefficient (Wildman–Crippen LogP) is 4.63. The average molecular weight is 358 g/mol. The highest BCUT2D eigenvalue weighted by atomic mass is 79.9. The number of rotatable bonds is 3. The lowest BCUT2D eigenvalue weighted by Gasteiger charge is -2.10. The summed E-state index contributed by atoms with van der Waals surface area (Å²) in [7, 11) is 0. The lowest BCUT2D eigenvalue weighted by atomic mass is 10.3. The molecule has 0 spiro atoms. The molecular weight excluding hydrogens is 347 g/mol. The molecule has 3 rings (SSSR count). The van der Waals surface area contributed by atoms with E-state index >= 15 is 0 Å². The Labute approximate surface area is 128 Å². The van der Waals surface area contributed by atoms with Gasteiger partial charge in [-0.25, -0.2) is 4.39 Å². The van der Waals surface area contributed by atoms with E-state index in [0.29, 0.717) is 26.9 Å². The second kappa shape index (κ2) is 5.22.